The minimum atomic E-state index is -3.84. The largest absolute Gasteiger partial charge is 0.300 e. The summed E-state index contributed by atoms with van der Waals surface area (Å²) in [6.07, 6.45) is 1.51. The summed E-state index contributed by atoms with van der Waals surface area (Å²) in [6.45, 7) is 0.690. The van der Waals surface area contributed by atoms with Crippen molar-refractivity contribution >= 4 is 26.7 Å². The number of hydrogen-bond donors (Lipinski definition) is 0. The molecule has 0 spiro atoms. The van der Waals surface area contributed by atoms with Crippen LogP contribution in [0.1, 0.15) is 35.7 Å². The summed E-state index contributed by atoms with van der Waals surface area (Å²) in [5.74, 6) is 0.203. The van der Waals surface area contributed by atoms with Gasteiger partial charge < -0.3 is 0 Å². The second-order valence-corrected chi connectivity index (χ2v) is 10.7. The number of benzene rings is 3. The molecule has 0 amide bonds. The molecule has 4 aromatic rings. The number of aromatic nitrogens is 1. The highest BCUT2D eigenvalue weighted by molar-refractivity contribution is 7.90. The molecule has 2 aliphatic heterocycles. The Morgan fingerprint density at radius 2 is 1.45 bits per heavy atom. The molecule has 5 nitrogen and oxygen atoms in total. The zero-order valence-corrected chi connectivity index (χ0v) is 18.9. The van der Waals surface area contributed by atoms with Gasteiger partial charge in [-0.3, -0.25) is 9.69 Å². The topological polar surface area (TPSA) is 59.4 Å². The number of carbonyl (C=O) groups is 1. The Hall–Kier alpha value is -3.22. The second-order valence-electron chi connectivity index (χ2n) is 8.94. The lowest BCUT2D eigenvalue weighted by atomic mass is 9.81. The van der Waals surface area contributed by atoms with Gasteiger partial charge in [-0.25, -0.2) is 12.4 Å². The molecule has 166 valence electrons. The maximum absolute atomic E-state index is 13.9. The predicted octanol–water partition coefficient (Wildman–Crippen LogP) is 4.71. The summed E-state index contributed by atoms with van der Waals surface area (Å²) >= 11 is 0. The molecular formula is C27H24N2O3S. The average molecular weight is 457 g/mol. The first kappa shape index (κ1) is 20.4. The van der Waals surface area contributed by atoms with Gasteiger partial charge >= 0.3 is 0 Å². The third kappa shape index (κ3) is 3.24. The number of hydrogen-bond acceptors (Lipinski definition) is 4. The van der Waals surface area contributed by atoms with Crippen LogP contribution < -0.4 is 0 Å². The molecule has 0 saturated carbocycles. The summed E-state index contributed by atoms with van der Waals surface area (Å²) < 4.78 is 29.4. The zero-order valence-electron chi connectivity index (χ0n) is 18.1. The van der Waals surface area contributed by atoms with Crippen LogP contribution in [-0.4, -0.2) is 29.1 Å². The molecule has 6 heteroatoms. The molecule has 1 saturated heterocycles. The van der Waals surface area contributed by atoms with Crippen molar-refractivity contribution in [3.8, 4) is 0 Å². The fraction of sp³-hybridized carbons (Fsp3) is 0.222. The monoisotopic (exact) mass is 456 g/mol. The quantitative estimate of drug-likeness (QED) is 0.446. The molecule has 3 heterocycles. The Kier molecular flexibility index (Phi) is 4.75. The lowest BCUT2D eigenvalue weighted by Gasteiger charge is -2.45. The molecule has 6 rings (SSSR count). The molecule has 0 radical (unpaired) electrons. The highest BCUT2D eigenvalue weighted by Crippen LogP contribution is 2.46. The number of carbonyl (C=O) groups excluding carboxylic acids is 1. The SMILES string of the molecule is O=C1C[C@@H]2Cc3c(n(S(=O)(=O)c4ccccc4)c4ccccc34)[C@H](C1)N2Cc1ccccc1. The highest BCUT2D eigenvalue weighted by atomic mass is 32.2. The molecule has 0 aliphatic carbocycles. The Bertz CT molecular complexity index is 1460. The van der Waals surface area contributed by atoms with Gasteiger partial charge in [0.15, 0.2) is 0 Å². The molecule has 33 heavy (non-hydrogen) atoms. The van der Waals surface area contributed by atoms with Crippen LogP contribution in [0.4, 0.5) is 0 Å². The van der Waals surface area contributed by atoms with E-state index in [9.17, 15) is 13.2 Å². The van der Waals surface area contributed by atoms with Crippen molar-refractivity contribution in [3.63, 3.8) is 0 Å². The number of fused-ring (bicyclic) bond motifs is 6. The van der Waals surface area contributed by atoms with E-state index in [1.54, 1.807) is 24.3 Å². The Morgan fingerprint density at radius 3 is 2.21 bits per heavy atom. The number of rotatable bonds is 4. The minimum absolute atomic E-state index is 0.0719. The van der Waals surface area contributed by atoms with Gasteiger partial charge in [-0.1, -0.05) is 66.7 Å². The van der Waals surface area contributed by atoms with E-state index >= 15 is 0 Å². The van der Waals surface area contributed by atoms with Gasteiger partial charge in [0.2, 0.25) is 0 Å². The van der Waals surface area contributed by atoms with E-state index in [1.807, 2.05) is 48.5 Å². The van der Waals surface area contributed by atoms with E-state index in [0.29, 0.717) is 31.3 Å². The molecule has 2 bridgehead atoms. The normalized spacial score (nSPS) is 20.7. The number of piperidine rings is 1. The lowest BCUT2D eigenvalue weighted by molar-refractivity contribution is -0.126. The molecule has 0 unspecified atom stereocenters. The van der Waals surface area contributed by atoms with Crippen LogP contribution in [0.25, 0.3) is 10.9 Å². The summed E-state index contributed by atoms with van der Waals surface area (Å²) in [5.41, 5.74) is 3.67. The van der Waals surface area contributed by atoms with Gasteiger partial charge in [0.25, 0.3) is 10.0 Å². The second kappa shape index (κ2) is 7.68. The van der Waals surface area contributed by atoms with E-state index in [0.717, 1.165) is 16.6 Å². The predicted molar refractivity (Wildman–Crippen MR) is 127 cm³/mol. The fourth-order valence-electron chi connectivity index (χ4n) is 5.57. The molecule has 2 aliphatic rings. The number of ketones is 1. The molecule has 2 atom stereocenters. The van der Waals surface area contributed by atoms with E-state index in [4.69, 9.17) is 0 Å². The first-order valence-corrected chi connectivity index (χ1v) is 12.7. The molecule has 1 aromatic heterocycles. The number of Topliss-reactive ketones (excluding diaryl/α,β-unsaturated/α-hetero) is 1. The fourth-order valence-corrected chi connectivity index (χ4v) is 7.19. The Morgan fingerprint density at radius 1 is 0.788 bits per heavy atom. The number of para-hydroxylation sites is 1. The summed E-state index contributed by atoms with van der Waals surface area (Å²) in [4.78, 5) is 15.3. The van der Waals surface area contributed by atoms with Crippen LogP contribution in [0.2, 0.25) is 0 Å². The summed E-state index contributed by atoms with van der Waals surface area (Å²) in [5, 5.41) is 0.968. The van der Waals surface area contributed by atoms with Gasteiger partial charge in [0.1, 0.15) is 5.78 Å². The van der Waals surface area contributed by atoms with Crippen LogP contribution >= 0.6 is 0 Å². The van der Waals surface area contributed by atoms with Gasteiger partial charge in [-0.05, 0) is 35.7 Å². The number of nitrogens with zero attached hydrogens (tertiary/aromatic N) is 2. The molecular weight excluding hydrogens is 432 g/mol. The van der Waals surface area contributed by atoms with E-state index in [2.05, 4.69) is 17.0 Å². The third-order valence-corrected chi connectivity index (χ3v) is 8.72. The van der Waals surface area contributed by atoms with Gasteiger partial charge in [-0.2, -0.15) is 0 Å². The first-order valence-electron chi connectivity index (χ1n) is 11.3. The Balaban J connectivity index is 1.59. The standard InChI is InChI=1S/C27H24N2O3S/c30-21-15-20-16-24-23-13-7-8-14-25(23)29(33(31,32)22-11-5-2-6-12-22)27(24)26(17-21)28(20)18-19-9-3-1-4-10-19/h1-14,20,26H,15-18H2/t20-,26+/m1/s1. The molecule has 0 N–H and O–H groups in total. The van der Waals surface area contributed by atoms with Crippen molar-refractivity contribution in [1.29, 1.82) is 0 Å². The van der Waals surface area contributed by atoms with Crippen LogP contribution in [0.15, 0.2) is 89.8 Å². The first-order chi connectivity index (χ1) is 16.0. The van der Waals surface area contributed by atoms with E-state index < -0.39 is 10.0 Å². The van der Waals surface area contributed by atoms with Crippen LogP contribution in [-0.2, 0) is 27.8 Å². The summed E-state index contributed by atoms with van der Waals surface area (Å²) in [7, 11) is -3.84. The van der Waals surface area contributed by atoms with Crippen LogP contribution in [0.3, 0.4) is 0 Å². The van der Waals surface area contributed by atoms with Crippen LogP contribution in [0.5, 0.6) is 0 Å². The maximum atomic E-state index is 13.9. The highest BCUT2D eigenvalue weighted by Gasteiger charge is 2.45. The van der Waals surface area contributed by atoms with Crippen molar-refractivity contribution in [2.75, 3.05) is 0 Å². The molecule has 3 aromatic carbocycles. The van der Waals surface area contributed by atoms with Crippen molar-refractivity contribution in [2.24, 2.45) is 0 Å². The van der Waals surface area contributed by atoms with E-state index in [-0.39, 0.29) is 22.8 Å². The minimum Gasteiger partial charge on any atom is -0.300 e. The van der Waals surface area contributed by atoms with Gasteiger partial charge in [0.05, 0.1) is 22.1 Å². The maximum Gasteiger partial charge on any atom is 0.268 e. The van der Waals surface area contributed by atoms with Crippen molar-refractivity contribution in [2.45, 2.75) is 42.8 Å². The zero-order chi connectivity index (χ0) is 22.6. The van der Waals surface area contributed by atoms with Gasteiger partial charge in [0, 0.05) is 30.8 Å². The Labute approximate surface area is 193 Å². The van der Waals surface area contributed by atoms with Crippen LogP contribution in [0, 0.1) is 0 Å². The average Bonchev–Trinajstić information content (AvgIpc) is 3.16. The van der Waals surface area contributed by atoms with Crippen molar-refractivity contribution in [1.82, 2.24) is 8.87 Å². The third-order valence-electron chi connectivity index (χ3n) is 6.97. The lowest BCUT2D eigenvalue weighted by Crippen LogP contribution is -2.49. The van der Waals surface area contributed by atoms with Gasteiger partial charge in [-0.15, -0.1) is 0 Å². The smallest absolute Gasteiger partial charge is 0.268 e. The van der Waals surface area contributed by atoms with Crippen molar-refractivity contribution < 1.29 is 13.2 Å². The molecule has 1 fully saturated rings. The van der Waals surface area contributed by atoms with Crippen molar-refractivity contribution in [3.05, 3.63) is 102 Å². The summed E-state index contributed by atoms with van der Waals surface area (Å²) in [6, 6.07) is 26.3. The van der Waals surface area contributed by atoms with E-state index in [1.165, 1.54) is 9.54 Å².